The minimum atomic E-state index is 0.0354. The van der Waals surface area contributed by atoms with E-state index in [4.69, 9.17) is 4.74 Å². The third-order valence-electron chi connectivity index (χ3n) is 2.55. The van der Waals surface area contributed by atoms with E-state index < -0.39 is 0 Å². The summed E-state index contributed by atoms with van der Waals surface area (Å²) < 4.78 is 7.73. The molecule has 0 N–H and O–H groups in total. The van der Waals surface area contributed by atoms with E-state index in [9.17, 15) is 4.79 Å². The smallest absolute Gasteiger partial charge is 0.271 e. The molecule has 17 heavy (non-hydrogen) atoms. The van der Waals surface area contributed by atoms with Gasteiger partial charge in [-0.25, -0.2) is 4.98 Å². The molecule has 0 unspecified atom stereocenters. The van der Waals surface area contributed by atoms with Gasteiger partial charge in [-0.1, -0.05) is 6.92 Å². The molecule has 0 fully saturated rings. The number of nitrogens with zero attached hydrogens (tertiary/aromatic N) is 2. The summed E-state index contributed by atoms with van der Waals surface area (Å²) in [6.45, 7) is 5.90. The van der Waals surface area contributed by atoms with Crippen LogP contribution in [0.5, 0.6) is 0 Å². The molecule has 2 rings (SSSR count). The largest absolute Gasteiger partial charge is 0.380 e. The molecule has 92 valence electrons. The highest BCUT2D eigenvalue weighted by molar-refractivity contribution is 7.17. The Morgan fingerprint density at radius 3 is 3.06 bits per heavy atom. The van der Waals surface area contributed by atoms with Gasteiger partial charge in [-0.05, 0) is 24.3 Å². The second-order valence-corrected chi connectivity index (χ2v) is 4.83. The highest BCUT2D eigenvalue weighted by Gasteiger charge is 2.07. The number of aromatic nitrogens is 2. The molecule has 0 amide bonds. The molecule has 0 aliphatic carbocycles. The summed E-state index contributed by atoms with van der Waals surface area (Å²) in [6, 6.07) is 0. The van der Waals surface area contributed by atoms with Crippen molar-refractivity contribution in [3.63, 3.8) is 0 Å². The highest BCUT2D eigenvalue weighted by atomic mass is 32.1. The number of fused-ring (bicyclic) bond motifs is 1. The molecule has 0 atom stereocenters. The van der Waals surface area contributed by atoms with Crippen LogP contribution in [0, 0.1) is 6.92 Å². The Hall–Kier alpha value is -1.20. The maximum atomic E-state index is 12.1. The molecule has 0 saturated heterocycles. The van der Waals surface area contributed by atoms with Crippen molar-refractivity contribution >= 4 is 21.6 Å². The zero-order valence-electron chi connectivity index (χ0n) is 10.1. The van der Waals surface area contributed by atoms with Gasteiger partial charge in [0.05, 0.1) is 25.0 Å². The topological polar surface area (TPSA) is 44.1 Å². The maximum Gasteiger partial charge on any atom is 0.271 e. The quantitative estimate of drug-likeness (QED) is 0.766. The minimum Gasteiger partial charge on any atom is -0.380 e. The molecule has 2 aromatic rings. The normalized spacial score (nSPS) is 11.2. The fraction of sp³-hybridized carbons (Fsp3) is 0.500. The van der Waals surface area contributed by atoms with Gasteiger partial charge in [-0.2, -0.15) is 0 Å². The van der Waals surface area contributed by atoms with E-state index in [1.165, 1.54) is 11.3 Å². The van der Waals surface area contributed by atoms with Crippen molar-refractivity contribution in [3.05, 3.63) is 27.6 Å². The van der Waals surface area contributed by atoms with Crippen LogP contribution in [-0.2, 0) is 11.3 Å². The van der Waals surface area contributed by atoms with Gasteiger partial charge in [0, 0.05) is 6.61 Å². The van der Waals surface area contributed by atoms with E-state index in [1.807, 2.05) is 12.3 Å². The van der Waals surface area contributed by atoms with Gasteiger partial charge in [0.25, 0.3) is 5.56 Å². The number of ether oxygens (including phenoxy) is 1. The SMILES string of the molecule is CCCOCCn1cnc2c(C)csc2c1=O. The van der Waals surface area contributed by atoms with Crippen LogP contribution in [0.4, 0.5) is 0 Å². The summed E-state index contributed by atoms with van der Waals surface area (Å²) in [4.78, 5) is 16.4. The zero-order valence-corrected chi connectivity index (χ0v) is 10.9. The molecule has 0 saturated carbocycles. The van der Waals surface area contributed by atoms with E-state index in [1.54, 1.807) is 10.9 Å². The van der Waals surface area contributed by atoms with Gasteiger partial charge in [0.2, 0.25) is 0 Å². The summed E-state index contributed by atoms with van der Waals surface area (Å²) >= 11 is 1.46. The van der Waals surface area contributed by atoms with Crippen LogP contribution < -0.4 is 5.56 Å². The Labute approximate surface area is 104 Å². The molecular formula is C12H16N2O2S. The molecule has 0 bridgehead atoms. The molecule has 5 heteroatoms. The van der Waals surface area contributed by atoms with E-state index in [0.717, 1.165) is 28.8 Å². The van der Waals surface area contributed by atoms with E-state index in [-0.39, 0.29) is 5.56 Å². The van der Waals surface area contributed by atoms with Crippen molar-refractivity contribution in [1.82, 2.24) is 9.55 Å². The lowest BCUT2D eigenvalue weighted by atomic mass is 10.3. The molecule has 0 aromatic carbocycles. The van der Waals surface area contributed by atoms with E-state index in [0.29, 0.717) is 13.2 Å². The van der Waals surface area contributed by atoms with Gasteiger partial charge in [0.1, 0.15) is 4.70 Å². The van der Waals surface area contributed by atoms with Crippen molar-refractivity contribution in [2.45, 2.75) is 26.8 Å². The third kappa shape index (κ3) is 2.56. The van der Waals surface area contributed by atoms with Gasteiger partial charge < -0.3 is 4.74 Å². The Morgan fingerprint density at radius 2 is 2.29 bits per heavy atom. The average molecular weight is 252 g/mol. The Kier molecular flexibility index (Phi) is 3.91. The third-order valence-corrected chi connectivity index (χ3v) is 3.62. The molecule has 4 nitrogen and oxygen atoms in total. The van der Waals surface area contributed by atoms with E-state index in [2.05, 4.69) is 11.9 Å². The van der Waals surface area contributed by atoms with Crippen LogP contribution in [0.3, 0.4) is 0 Å². The van der Waals surface area contributed by atoms with Crippen molar-refractivity contribution in [1.29, 1.82) is 0 Å². The van der Waals surface area contributed by atoms with Crippen molar-refractivity contribution in [2.24, 2.45) is 0 Å². The lowest BCUT2D eigenvalue weighted by molar-refractivity contribution is 0.126. The summed E-state index contributed by atoms with van der Waals surface area (Å²) in [6.07, 6.45) is 2.61. The molecule has 0 radical (unpaired) electrons. The van der Waals surface area contributed by atoms with Crippen LogP contribution in [0.15, 0.2) is 16.5 Å². The van der Waals surface area contributed by atoms with Crippen molar-refractivity contribution < 1.29 is 4.74 Å². The summed E-state index contributed by atoms with van der Waals surface area (Å²) in [5.41, 5.74) is 1.93. The predicted molar refractivity (Wildman–Crippen MR) is 69.7 cm³/mol. The number of aryl methyl sites for hydroxylation is 1. The fourth-order valence-electron chi connectivity index (χ4n) is 1.63. The first-order valence-corrected chi connectivity index (χ1v) is 6.63. The lowest BCUT2D eigenvalue weighted by Crippen LogP contribution is -2.22. The Morgan fingerprint density at radius 1 is 1.47 bits per heavy atom. The second-order valence-electron chi connectivity index (χ2n) is 3.95. The summed E-state index contributed by atoms with van der Waals surface area (Å²) in [5, 5.41) is 1.97. The van der Waals surface area contributed by atoms with Gasteiger partial charge in [0.15, 0.2) is 0 Å². The van der Waals surface area contributed by atoms with Crippen molar-refractivity contribution in [2.75, 3.05) is 13.2 Å². The first-order valence-electron chi connectivity index (χ1n) is 5.75. The number of thiophene rings is 1. The monoisotopic (exact) mass is 252 g/mol. The number of hydrogen-bond acceptors (Lipinski definition) is 4. The average Bonchev–Trinajstić information content (AvgIpc) is 2.70. The molecule has 0 aliphatic rings. The summed E-state index contributed by atoms with van der Waals surface area (Å²) in [7, 11) is 0. The van der Waals surface area contributed by atoms with Crippen molar-refractivity contribution in [3.8, 4) is 0 Å². The zero-order chi connectivity index (χ0) is 12.3. The van der Waals surface area contributed by atoms with Crippen LogP contribution in [0.2, 0.25) is 0 Å². The van der Waals surface area contributed by atoms with Gasteiger partial charge in [-0.3, -0.25) is 9.36 Å². The highest BCUT2D eigenvalue weighted by Crippen LogP contribution is 2.19. The van der Waals surface area contributed by atoms with Gasteiger partial charge in [-0.15, -0.1) is 11.3 Å². The maximum absolute atomic E-state index is 12.1. The second kappa shape index (κ2) is 5.42. The Bertz CT molecular complexity index is 559. The molecular weight excluding hydrogens is 236 g/mol. The molecule has 2 aromatic heterocycles. The van der Waals surface area contributed by atoms with Crippen LogP contribution >= 0.6 is 11.3 Å². The Balaban J connectivity index is 2.18. The first-order chi connectivity index (χ1) is 8.24. The predicted octanol–water partition coefficient (Wildman–Crippen LogP) is 2.19. The van der Waals surface area contributed by atoms with Crippen LogP contribution in [0.25, 0.3) is 10.2 Å². The first kappa shape index (κ1) is 12.3. The number of hydrogen-bond donors (Lipinski definition) is 0. The fourth-order valence-corrected chi connectivity index (χ4v) is 2.58. The minimum absolute atomic E-state index is 0.0354. The molecule has 0 spiro atoms. The van der Waals surface area contributed by atoms with E-state index >= 15 is 0 Å². The van der Waals surface area contributed by atoms with Gasteiger partial charge >= 0.3 is 0 Å². The number of rotatable bonds is 5. The van der Waals surface area contributed by atoms with Crippen LogP contribution in [0.1, 0.15) is 18.9 Å². The summed E-state index contributed by atoms with van der Waals surface area (Å²) in [5.74, 6) is 0. The van der Waals surface area contributed by atoms with Crippen LogP contribution in [-0.4, -0.2) is 22.8 Å². The molecule has 2 heterocycles. The lowest BCUT2D eigenvalue weighted by Gasteiger charge is -2.05. The molecule has 0 aliphatic heterocycles. The standard InChI is InChI=1S/C12H16N2O2S/c1-3-5-16-6-4-14-8-13-10-9(2)7-17-11(10)12(14)15/h7-8H,3-6H2,1-2H3.